The largest absolute Gasteiger partial charge is 0.220 e. The molecule has 0 heterocycles. The molecular weight excluding hydrogens is 228 g/mol. The Hall–Kier alpha value is -2.94. The number of nitrogens with zero attached hydrogens (tertiary/aromatic N) is 4. The van der Waals surface area contributed by atoms with Crippen molar-refractivity contribution in [1.29, 1.82) is 11.1 Å². The van der Waals surface area contributed by atoms with Crippen LogP contribution in [0.4, 0.5) is 11.4 Å². The Morgan fingerprint density at radius 2 is 0.944 bits per heavy atom. The van der Waals surface area contributed by atoms with Crippen molar-refractivity contribution in [3.63, 3.8) is 0 Å². The van der Waals surface area contributed by atoms with Gasteiger partial charge in [-0.05, 0) is 35.4 Å². The lowest BCUT2D eigenvalue weighted by Crippen LogP contribution is -1.76. The van der Waals surface area contributed by atoms with E-state index in [1.165, 1.54) is 0 Å². The van der Waals surface area contributed by atoms with Gasteiger partial charge in [0.1, 0.15) is 11.1 Å². The molecule has 0 fully saturated rings. The Labute approximate surface area is 103 Å². The number of benzene rings is 2. The third kappa shape index (κ3) is 2.59. The zero-order chi connectivity index (χ0) is 12.8. The highest BCUT2D eigenvalue weighted by atomic mass is 15.1. The van der Waals surface area contributed by atoms with Crippen LogP contribution in [-0.2, 0) is 0 Å². The Kier molecular flexibility index (Phi) is 3.47. The molecule has 0 saturated carbocycles. The fourth-order valence-electron chi connectivity index (χ4n) is 1.56. The summed E-state index contributed by atoms with van der Waals surface area (Å²) in [5.41, 5.74) is 16.7. The Balaban J connectivity index is 2.30. The molecule has 2 rings (SSSR count). The fraction of sp³-hybridized carbons (Fsp3) is 0. The van der Waals surface area contributed by atoms with E-state index in [0.29, 0.717) is 11.4 Å². The average Bonchev–Trinajstić information content (AvgIpc) is 2.41. The minimum Gasteiger partial charge on any atom is -0.0520 e. The second-order valence-electron chi connectivity index (χ2n) is 3.49. The molecule has 6 nitrogen and oxygen atoms in total. The minimum absolute atomic E-state index is 0.647. The number of hydrogen-bond donors (Lipinski definition) is 2. The van der Waals surface area contributed by atoms with Crippen molar-refractivity contribution in [3.8, 4) is 11.1 Å². The summed E-state index contributed by atoms with van der Waals surface area (Å²) in [6.45, 7) is 0. The standard InChI is InChI=1S/C12H10N6/c13-17-15-11-5-1-9(2-6-11)10-3-7-12(8-4-10)16-18-14/h1-8,13-14H/q+2. The monoisotopic (exact) mass is 238 g/mol. The minimum atomic E-state index is 0.647. The highest BCUT2D eigenvalue weighted by Gasteiger charge is 2.01. The summed E-state index contributed by atoms with van der Waals surface area (Å²) in [6.07, 6.45) is 0. The molecule has 2 N–H and O–H groups in total. The predicted molar refractivity (Wildman–Crippen MR) is 65.8 cm³/mol. The van der Waals surface area contributed by atoms with E-state index in [1.807, 2.05) is 24.3 Å². The summed E-state index contributed by atoms with van der Waals surface area (Å²) in [5, 5.41) is 7.25. The summed E-state index contributed by atoms with van der Waals surface area (Å²) in [4.78, 5) is 5.95. The normalized spacial score (nSPS) is 9.11. The van der Waals surface area contributed by atoms with Crippen LogP contribution in [0.1, 0.15) is 0 Å². The van der Waals surface area contributed by atoms with E-state index in [9.17, 15) is 0 Å². The molecule has 0 radical (unpaired) electrons. The summed E-state index contributed by atoms with van der Waals surface area (Å²) < 4.78 is 0. The molecule has 0 unspecified atom stereocenters. The van der Waals surface area contributed by atoms with E-state index in [4.69, 9.17) is 11.1 Å². The van der Waals surface area contributed by atoms with E-state index in [0.717, 1.165) is 11.1 Å². The first kappa shape index (κ1) is 11.5. The Morgan fingerprint density at radius 3 is 1.22 bits per heavy atom. The maximum atomic E-state index is 6.64. The van der Waals surface area contributed by atoms with Crippen LogP contribution in [0.25, 0.3) is 11.1 Å². The van der Waals surface area contributed by atoms with Crippen LogP contribution in [0.15, 0.2) is 58.8 Å². The van der Waals surface area contributed by atoms with Crippen molar-refractivity contribution in [2.75, 3.05) is 0 Å². The smallest absolute Gasteiger partial charge is 0.0520 e. The highest BCUT2D eigenvalue weighted by Crippen LogP contribution is 2.24. The lowest BCUT2D eigenvalue weighted by Gasteiger charge is -2.00. The summed E-state index contributed by atoms with van der Waals surface area (Å²) in [6, 6.07) is 14.8. The van der Waals surface area contributed by atoms with Crippen molar-refractivity contribution >= 4 is 11.4 Å². The molecule has 86 valence electrons. The molecule has 0 saturated heterocycles. The number of hydrogen-bond acceptors (Lipinski definition) is 4. The van der Waals surface area contributed by atoms with Gasteiger partial charge in [0.15, 0.2) is 21.6 Å². The van der Waals surface area contributed by atoms with Gasteiger partial charge in [0.2, 0.25) is 9.82 Å². The van der Waals surface area contributed by atoms with E-state index >= 15 is 0 Å². The van der Waals surface area contributed by atoms with Crippen LogP contribution < -0.4 is 9.82 Å². The molecule has 0 aromatic heterocycles. The maximum absolute atomic E-state index is 6.64. The van der Waals surface area contributed by atoms with Crippen molar-refractivity contribution in [1.82, 2.24) is 9.82 Å². The van der Waals surface area contributed by atoms with E-state index in [2.05, 4.69) is 20.1 Å². The van der Waals surface area contributed by atoms with Gasteiger partial charge in [-0.25, -0.2) is 0 Å². The molecule has 0 aliphatic heterocycles. The van der Waals surface area contributed by atoms with Crippen molar-refractivity contribution in [3.05, 3.63) is 48.5 Å². The van der Waals surface area contributed by atoms with Crippen molar-refractivity contribution < 1.29 is 0 Å². The average molecular weight is 238 g/mol. The lowest BCUT2D eigenvalue weighted by molar-refractivity contribution is 0.991. The zero-order valence-corrected chi connectivity index (χ0v) is 9.41. The summed E-state index contributed by atoms with van der Waals surface area (Å²) in [7, 11) is 0. The van der Waals surface area contributed by atoms with Crippen LogP contribution in [-0.4, -0.2) is 0 Å². The van der Waals surface area contributed by atoms with Gasteiger partial charge in [0.05, 0.1) is 0 Å². The van der Waals surface area contributed by atoms with Gasteiger partial charge in [0.25, 0.3) is 0 Å². The van der Waals surface area contributed by atoms with Gasteiger partial charge in [-0.1, -0.05) is 24.3 Å². The van der Waals surface area contributed by atoms with Crippen molar-refractivity contribution in [2.45, 2.75) is 0 Å². The van der Waals surface area contributed by atoms with Crippen LogP contribution in [0.3, 0.4) is 0 Å². The Bertz CT molecular complexity index is 572. The van der Waals surface area contributed by atoms with Gasteiger partial charge in [-0.15, -0.1) is 0 Å². The highest BCUT2D eigenvalue weighted by molar-refractivity contribution is 5.66. The van der Waals surface area contributed by atoms with Gasteiger partial charge >= 0.3 is 0 Å². The number of nitrogens with one attached hydrogen (secondary N) is 2. The van der Waals surface area contributed by atoms with E-state index < -0.39 is 0 Å². The predicted octanol–water partition coefficient (Wildman–Crippen LogP) is 3.72. The second-order valence-corrected chi connectivity index (χ2v) is 3.49. The SMILES string of the molecule is N=[N+]=Nc1ccc(-c2ccc(N=[N+]=N)cc2)cc1. The zero-order valence-electron chi connectivity index (χ0n) is 9.41. The van der Waals surface area contributed by atoms with Gasteiger partial charge in [-0.3, -0.25) is 0 Å². The summed E-state index contributed by atoms with van der Waals surface area (Å²) in [5.74, 6) is 0. The molecule has 0 aliphatic carbocycles. The lowest BCUT2D eigenvalue weighted by atomic mass is 10.1. The molecule has 18 heavy (non-hydrogen) atoms. The van der Waals surface area contributed by atoms with E-state index in [-0.39, 0.29) is 0 Å². The quantitative estimate of drug-likeness (QED) is 0.601. The second kappa shape index (κ2) is 5.41. The topological polar surface area (TPSA) is 101 Å². The molecule has 0 spiro atoms. The molecule has 0 atom stereocenters. The van der Waals surface area contributed by atoms with Crippen LogP contribution in [0.2, 0.25) is 0 Å². The first-order chi connectivity index (χ1) is 8.83. The molecule has 0 aliphatic rings. The molecule has 6 heteroatoms. The van der Waals surface area contributed by atoms with Gasteiger partial charge < -0.3 is 0 Å². The summed E-state index contributed by atoms with van der Waals surface area (Å²) >= 11 is 0. The maximum Gasteiger partial charge on any atom is 0.220 e. The molecular formula is C12H10N6+2. The molecule has 2 aromatic rings. The Morgan fingerprint density at radius 1 is 0.611 bits per heavy atom. The van der Waals surface area contributed by atoms with Gasteiger partial charge in [-0.2, -0.15) is 0 Å². The van der Waals surface area contributed by atoms with Crippen LogP contribution in [0, 0.1) is 11.1 Å². The van der Waals surface area contributed by atoms with Crippen molar-refractivity contribution in [2.24, 2.45) is 10.2 Å². The molecule has 2 aromatic carbocycles. The first-order valence-corrected chi connectivity index (χ1v) is 5.19. The fourth-order valence-corrected chi connectivity index (χ4v) is 1.56. The molecule has 0 amide bonds. The van der Waals surface area contributed by atoms with Gasteiger partial charge in [0, 0.05) is 0 Å². The van der Waals surface area contributed by atoms with Crippen LogP contribution >= 0.6 is 0 Å². The number of rotatable bonds is 3. The first-order valence-electron chi connectivity index (χ1n) is 5.19. The van der Waals surface area contributed by atoms with E-state index in [1.54, 1.807) is 24.3 Å². The third-order valence-corrected chi connectivity index (χ3v) is 2.40. The molecule has 0 bridgehead atoms. The third-order valence-electron chi connectivity index (χ3n) is 2.40. The van der Waals surface area contributed by atoms with Crippen LogP contribution in [0.5, 0.6) is 0 Å².